The number of hydrogen-bond donors (Lipinski definition) is 4. The number of carbonyl (C=O) groups is 3. The van der Waals surface area contributed by atoms with Gasteiger partial charge >= 0.3 is 5.97 Å². The van der Waals surface area contributed by atoms with Gasteiger partial charge in [0.15, 0.2) is 5.69 Å². The topological polar surface area (TPSA) is 153 Å². The van der Waals surface area contributed by atoms with Gasteiger partial charge in [0.05, 0.1) is 18.9 Å². The first-order chi connectivity index (χ1) is 23.3. The summed E-state index contributed by atoms with van der Waals surface area (Å²) < 4.78 is 12.3. The Morgan fingerprint density at radius 2 is 1.79 bits per heavy atom. The van der Waals surface area contributed by atoms with E-state index in [9.17, 15) is 19.5 Å². The number of nitrogens with one attached hydrogen (secondary N) is 2. The molecule has 4 aromatic rings. The lowest BCUT2D eigenvalue weighted by atomic mass is 9.93. The lowest BCUT2D eigenvalue weighted by molar-refractivity contribution is 0.0691. The summed E-state index contributed by atoms with van der Waals surface area (Å²) in [5, 5.41) is 18.0. The fourth-order valence-electron chi connectivity index (χ4n) is 5.62. The molecule has 3 heterocycles. The third kappa shape index (κ3) is 8.03. The number of fused-ring (bicyclic) bond motifs is 3. The van der Waals surface area contributed by atoms with Crippen molar-refractivity contribution in [1.82, 2.24) is 10.3 Å². The fourth-order valence-corrected chi connectivity index (χ4v) is 6.59. The normalized spacial score (nSPS) is 11.9. The van der Waals surface area contributed by atoms with E-state index in [1.807, 2.05) is 30.5 Å². The third-order valence-corrected chi connectivity index (χ3v) is 9.17. The van der Waals surface area contributed by atoms with Crippen molar-refractivity contribution in [1.29, 1.82) is 0 Å². The molecule has 0 aliphatic carbocycles. The van der Waals surface area contributed by atoms with Crippen LogP contribution >= 0.6 is 11.3 Å². The number of benzene rings is 2. The molecule has 0 spiro atoms. The minimum absolute atomic E-state index is 0.0266. The number of anilines is 1. The van der Waals surface area contributed by atoms with Crippen molar-refractivity contribution in [2.75, 3.05) is 25.1 Å². The third-order valence-electron chi connectivity index (χ3n) is 8.18. The molecule has 5 N–H and O–H groups in total. The Hall–Kier alpha value is -4.74. The summed E-state index contributed by atoms with van der Waals surface area (Å²) in [7, 11) is 0. The molecule has 0 bridgehead atoms. The van der Waals surface area contributed by atoms with Crippen LogP contribution < -0.4 is 25.8 Å². The minimum Gasteiger partial charge on any atom is -0.493 e. The van der Waals surface area contributed by atoms with Gasteiger partial charge in [-0.15, -0.1) is 11.3 Å². The number of carbonyl (C=O) groups excluding carboxylic acids is 2. The van der Waals surface area contributed by atoms with Crippen LogP contribution in [-0.4, -0.2) is 47.6 Å². The Morgan fingerprint density at radius 1 is 0.958 bits per heavy atom. The van der Waals surface area contributed by atoms with Gasteiger partial charge in [-0.2, -0.15) is 0 Å². The fraction of sp³-hybridized carbons (Fsp3) is 0.351. The second-order valence-corrected chi connectivity index (χ2v) is 12.6. The second-order valence-electron chi connectivity index (χ2n) is 11.7. The Kier molecular flexibility index (Phi) is 11.8. The zero-order valence-corrected chi connectivity index (χ0v) is 28.2. The van der Waals surface area contributed by atoms with Gasteiger partial charge in [0.25, 0.3) is 11.8 Å². The quantitative estimate of drug-likeness (QED) is 0.0961. The SMILES string of the molecule is CCCCCCCOc1cc(CN)ccc1NC(=O)c1cc2c(cc1-c1ccc(C(=O)NCCC)nc1C(=O)O)OCCc1ccsc1-2. The number of aromatic nitrogens is 1. The number of carboxylic acids is 1. The van der Waals surface area contributed by atoms with Crippen molar-refractivity contribution < 1.29 is 29.0 Å². The molecular weight excluding hydrogens is 628 g/mol. The van der Waals surface area contributed by atoms with Crippen molar-refractivity contribution in [3.63, 3.8) is 0 Å². The molecule has 0 unspecified atom stereocenters. The predicted octanol–water partition coefficient (Wildman–Crippen LogP) is 7.31. The van der Waals surface area contributed by atoms with E-state index in [1.54, 1.807) is 29.5 Å². The first-order valence-corrected chi connectivity index (χ1v) is 17.4. The van der Waals surface area contributed by atoms with Crippen molar-refractivity contribution in [3.05, 3.63) is 82.0 Å². The Bertz CT molecular complexity index is 1790. The summed E-state index contributed by atoms with van der Waals surface area (Å²) in [6, 6.07) is 13.9. The highest BCUT2D eigenvalue weighted by molar-refractivity contribution is 7.13. The van der Waals surface area contributed by atoms with Crippen LogP contribution in [0.15, 0.2) is 53.9 Å². The maximum absolute atomic E-state index is 14.3. The molecule has 0 atom stereocenters. The van der Waals surface area contributed by atoms with Gasteiger partial charge in [0, 0.05) is 46.6 Å². The van der Waals surface area contributed by atoms with E-state index in [-0.39, 0.29) is 22.5 Å². The van der Waals surface area contributed by atoms with E-state index < -0.39 is 17.8 Å². The first-order valence-electron chi connectivity index (χ1n) is 16.5. The molecule has 2 aromatic heterocycles. The van der Waals surface area contributed by atoms with Crippen LogP contribution in [0.25, 0.3) is 21.6 Å². The maximum atomic E-state index is 14.3. The number of ether oxygens (including phenoxy) is 2. The zero-order chi connectivity index (χ0) is 34.0. The maximum Gasteiger partial charge on any atom is 0.355 e. The standard InChI is InChI=1S/C37H42N4O6S/c1-3-5-6-7-8-16-46-32-19-23(22-38)9-11-29(32)41-35(42)27-20-28-31(47-17-13-24-14-18-48-34(24)28)21-26(27)25-10-12-30(36(43)39-15-4-2)40-33(25)37(44)45/h9-12,14,18-21H,3-8,13,15-17,22,38H2,1-2H3,(H,39,43)(H,41,42)(H,44,45). The molecule has 1 aliphatic rings. The molecule has 11 heteroatoms. The van der Waals surface area contributed by atoms with Crippen molar-refractivity contribution in [3.8, 4) is 33.1 Å². The van der Waals surface area contributed by atoms with Gasteiger partial charge in [0.1, 0.15) is 17.2 Å². The molecule has 48 heavy (non-hydrogen) atoms. The molecule has 10 nitrogen and oxygen atoms in total. The number of nitrogens with two attached hydrogens (primary N) is 1. The molecule has 0 saturated heterocycles. The molecule has 1 aliphatic heterocycles. The van der Waals surface area contributed by atoms with E-state index in [2.05, 4.69) is 22.5 Å². The Balaban J connectivity index is 1.57. The number of nitrogens with zero attached hydrogens (tertiary/aromatic N) is 1. The summed E-state index contributed by atoms with van der Waals surface area (Å²) in [5.74, 6) is -1.23. The minimum atomic E-state index is -1.33. The number of thiophene rings is 1. The average molecular weight is 671 g/mol. The van der Waals surface area contributed by atoms with Gasteiger partial charge in [-0.25, -0.2) is 9.78 Å². The first kappa shape index (κ1) is 34.6. The molecule has 252 valence electrons. The molecular formula is C37H42N4O6S. The number of pyridine rings is 1. The van der Waals surface area contributed by atoms with E-state index >= 15 is 0 Å². The predicted molar refractivity (Wildman–Crippen MR) is 188 cm³/mol. The smallest absolute Gasteiger partial charge is 0.355 e. The van der Waals surface area contributed by atoms with Crippen LogP contribution in [0.2, 0.25) is 0 Å². The highest BCUT2D eigenvalue weighted by Crippen LogP contribution is 2.43. The van der Waals surface area contributed by atoms with Gasteiger partial charge in [-0.05, 0) is 71.8 Å². The summed E-state index contributed by atoms with van der Waals surface area (Å²) in [4.78, 5) is 44.8. The van der Waals surface area contributed by atoms with Crippen LogP contribution in [0.1, 0.15) is 94.8 Å². The molecule has 0 radical (unpaired) electrons. The average Bonchev–Trinajstić information content (AvgIpc) is 3.50. The Labute approximate surface area is 284 Å². The van der Waals surface area contributed by atoms with E-state index in [0.29, 0.717) is 55.5 Å². The molecule has 5 rings (SSSR count). The van der Waals surface area contributed by atoms with Gasteiger partial charge < -0.3 is 30.9 Å². The van der Waals surface area contributed by atoms with Crippen molar-refractivity contribution in [2.45, 2.75) is 65.3 Å². The zero-order valence-electron chi connectivity index (χ0n) is 27.4. The van der Waals surface area contributed by atoms with Crippen LogP contribution in [0.4, 0.5) is 5.69 Å². The highest BCUT2D eigenvalue weighted by Gasteiger charge is 2.27. The van der Waals surface area contributed by atoms with Gasteiger partial charge in [-0.3, -0.25) is 9.59 Å². The van der Waals surface area contributed by atoms with Gasteiger partial charge in [-0.1, -0.05) is 45.6 Å². The summed E-state index contributed by atoms with van der Waals surface area (Å²) in [6.45, 7) is 5.76. The molecule has 0 saturated carbocycles. The number of carboxylic acid groups (broad SMARTS) is 1. The number of unbranched alkanes of at least 4 members (excludes halogenated alkanes) is 4. The summed E-state index contributed by atoms with van der Waals surface area (Å²) >= 11 is 1.56. The molecule has 2 amide bonds. The van der Waals surface area contributed by atoms with E-state index in [0.717, 1.165) is 53.7 Å². The van der Waals surface area contributed by atoms with Crippen molar-refractivity contribution in [2.24, 2.45) is 5.73 Å². The monoisotopic (exact) mass is 670 g/mol. The summed E-state index contributed by atoms with van der Waals surface area (Å²) in [6.07, 6.45) is 6.82. The highest BCUT2D eigenvalue weighted by atomic mass is 32.1. The van der Waals surface area contributed by atoms with Gasteiger partial charge in [0.2, 0.25) is 0 Å². The molecule has 2 aromatic carbocycles. The number of hydrogen-bond acceptors (Lipinski definition) is 8. The number of amides is 2. The lowest BCUT2D eigenvalue weighted by Gasteiger charge is -2.18. The van der Waals surface area contributed by atoms with E-state index in [4.69, 9.17) is 15.2 Å². The van der Waals surface area contributed by atoms with Crippen LogP contribution in [0, 0.1) is 0 Å². The number of aromatic carboxylic acids is 1. The second kappa shape index (κ2) is 16.4. The van der Waals surface area contributed by atoms with Crippen LogP contribution in [0.3, 0.4) is 0 Å². The number of rotatable bonds is 15. The largest absolute Gasteiger partial charge is 0.493 e. The van der Waals surface area contributed by atoms with Crippen LogP contribution in [0.5, 0.6) is 11.5 Å². The lowest BCUT2D eigenvalue weighted by Crippen LogP contribution is -2.25. The summed E-state index contributed by atoms with van der Waals surface area (Å²) in [5.41, 5.74) is 9.46. The Morgan fingerprint density at radius 3 is 2.56 bits per heavy atom. The van der Waals surface area contributed by atoms with E-state index in [1.165, 1.54) is 18.6 Å². The van der Waals surface area contributed by atoms with Crippen LogP contribution in [-0.2, 0) is 13.0 Å². The molecule has 0 fully saturated rings. The van der Waals surface area contributed by atoms with Crippen molar-refractivity contribution >= 4 is 34.8 Å².